The first-order chi connectivity index (χ1) is 14.0. The summed E-state index contributed by atoms with van der Waals surface area (Å²) < 4.78 is 5.91. The van der Waals surface area contributed by atoms with Crippen molar-refractivity contribution in [2.24, 2.45) is 0 Å². The fourth-order valence-electron chi connectivity index (χ4n) is 3.92. The van der Waals surface area contributed by atoms with Crippen LogP contribution < -0.4 is 15.0 Å². The summed E-state index contributed by atoms with van der Waals surface area (Å²) in [6, 6.07) is 19.4. The van der Waals surface area contributed by atoms with Gasteiger partial charge in [0.15, 0.2) is 0 Å². The van der Waals surface area contributed by atoms with Crippen molar-refractivity contribution in [2.45, 2.75) is 26.3 Å². The molecule has 4 rings (SSSR count). The molecule has 1 aliphatic heterocycles. The van der Waals surface area contributed by atoms with Crippen LogP contribution in [0.5, 0.6) is 5.75 Å². The molecule has 0 saturated carbocycles. The van der Waals surface area contributed by atoms with Crippen molar-refractivity contribution in [3.63, 3.8) is 0 Å². The number of hydrogen-bond donors (Lipinski definition) is 1. The summed E-state index contributed by atoms with van der Waals surface area (Å²) in [4.78, 5) is 26.3. The van der Waals surface area contributed by atoms with Gasteiger partial charge in [-0.25, -0.2) is 0 Å². The lowest BCUT2D eigenvalue weighted by Crippen LogP contribution is -2.37. The molecule has 0 spiro atoms. The van der Waals surface area contributed by atoms with Crippen molar-refractivity contribution in [1.29, 1.82) is 0 Å². The van der Waals surface area contributed by atoms with E-state index in [1.54, 1.807) is 4.90 Å². The first kappa shape index (κ1) is 19.0. The third-order valence-electron chi connectivity index (χ3n) is 5.23. The molecule has 3 aromatic carbocycles. The minimum absolute atomic E-state index is 0.0878. The molecule has 0 aliphatic carbocycles. The highest BCUT2D eigenvalue weighted by Gasteiger charge is 2.38. The van der Waals surface area contributed by atoms with Gasteiger partial charge in [-0.1, -0.05) is 48.5 Å². The summed E-state index contributed by atoms with van der Waals surface area (Å²) in [5, 5.41) is 5.10. The molecule has 1 aliphatic rings. The van der Waals surface area contributed by atoms with Gasteiger partial charge in [0.1, 0.15) is 11.8 Å². The Bertz CT molecular complexity index is 1080. The van der Waals surface area contributed by atoms with E-state index in [0.717, 1.165) is 28.0 Å². The molecule has 0 saturated heterocycles. The molecule has 3 aromatic rings. The highest BCUT2D eigenvalue weighted by molar-refractivity contribution is 6.06. The van der Waals surface area contributed by atoms with Gasteiger partial charge in [-0.3, -0.25) is 9.59 Å². The van der Waals surface area contributed by atoms with Crippen LogP contribution in [0.1, 0.15) is 30.5 Å². The van der Waals surface area contributed by atoms with Gasteiger partial charge in [-0.05, 0) is 41.8 Å². The number of nitrogens with zero attached hydrogens (tertiary/aromatic N) is 1. The minimum Gasteiger partial charge on any atom is -0.494 e. The number of hydrogen-bond acceptors (Lipinski definition) is 3. The number of carbonyl (C=O) groups excluding carboxylic acids is 2. The van der Waals surface area contributed by atoms with Gasteiger partial charge in [-0.15, -0.1) is 0 Å². The van der Waals surface area contributed by atoms with E-state index in [1.165, 1.54) is 12.3 Å². The maximum Gasteiger partial charge on any atom is 0.254 e. The van der Waals surface area contributed by atoms with Gasteiger partial charge < -0.3 is 15.0 Å². The van der Waals surface area contributed by atoms with Crippen molar-refractivity contribution in [1.82, 2.24) is 5.32 Å². The summed E-state index contributed by atoms with van der Waals surface area (Å²) in [6.45, 7) is 4.47. The second-order valence-electron chi connectivity index (χ2n) is 7.35. The van der Waals surface area contributed by atoms with Crippen LogP contribution in [0.2, 0.25) is 0 Å². The zero-order chi connectivity index (χ0) is 20.4. The van der Waals surface area contributed by atoms with E-state index < -0.39 is 6.04 Å². The van der Waals surface area contributed by atoms with E-state index in [9.17, 15) is 9.59 Å². The lowest BCUT2D eigenvalue weighted by Gasteiger charge is -2.19. The Labute approximate surface area is 170 Å². The number of anilines is 1. The van der Waals surface area contributed by atoms with Crippen LogP contribution in [0.25, 0.3) is 10.8 Å². The normalized spacial score (nSPS) is 15.4. The summed E-state index contributed by atoms with van der Waals surface area (Å²) in [6.07, 6.45) is 0.694. The molecular formula is C24H24N2O3. The van der Waals surface area contributed by atoms with Crippen LogP contribution in [0, 0.1) is 6.92 Å². The zero-order valence-electron chi connectivity index (χ0n) is 16.6. The summed E-state index contributed by atoms with van der Waals surface area (Å²) in [5.41, 5.74) is 2.79. The van der Waals surface area contributed by atoms with E-state index in [0.29, 0.717) is 19.6 Å². The van der Waals surface area contributed by atoms with Crippen LogP contribution in [0.15, 0.2) is 60.7 Å². The zero-order valence-corrected chi connectivity index (χ0v) is 16.6. The molecule has 148 valence electrons. The van der Waals surface area contributed by atoms with Gasteiger partial charge in [0.25, 0.3) is 5.91 Å². The van der Waals surface area contributed by atoms with E-state index in [4.69, 9.17) is 4.74 Å². The fraction of sp³-hybridized carbons (Fsp3) is 0.250. The van der Waals surface area contributed by atoms with Crippen molar-refractivity contribution in [3.05, 3.63) is 71.8 Å². The number of amides is 2. The van der Waals surface area contributed by atoms with Crippen LogP contribution in [-0.4, -0.2) is 25.0 Å². The Kier molecular flexibility index (Phi) is 5.21. The summed E-state index contributed by atoms with van der Waals surface area (Å²) >= 11 is 0. The standard InChI is InChI=1S/C24H24N2O3/c1-16-7-5-10-21-22(25-17(2)27)24(28)26(23(16)21)13-6-14-29-20-12-11-18-8-3-4-9-19(18)15-20/h3-5,7-12,15,22H,6,13-14H2,1-2H3,(H,25,27)/t22-/m1/s1. The smallest absolute Gasteiger partial charge is 0.254 e. The summed E-state index contributed by atoms with van der Waals surface area (Å²) in [5.74, 6) is 0.525. The van der Waals surface area contributed by atoms with Crippen LogP contribution >= 0.6 is 0 Å². The SMILES string of the molecule is CC(=O)N[C@H]1C(=O)N(CCCOc2ccc3ccccc3c2)c2c(C)cccc21. The first-order valence-corrected chi connectivity index (χ1v) is 9.84. The molecule has 1 atom stereocenters. The molecule has 1 heterocycles. The topological polar surface area (TPSA) is 58.6 Å². The third kappa shape index (κ3) is 3.81. The van der Waals surface area contributed by atoms with Crippen molar-refractivity contribution < 1.29 is 14.3 Å². The average Bonchev–Trinajstić information content (AvgIpc) is 2.97. The molecule has 29 heavy (non-hydrogen) atoms. The second kappa shape index (κ2) is 7.95. The maximum absolute atomic E-state index is 12.9. The molecule has 0 unspecified atom stereocenters. The van der Waals surface area contributed by atoms with Gasteiger partial charge in [0, 0.05) is 19.0 Å². The Hall–Kier alpha value is -3.34. The first-order valence-electron chi connectivity index (χ1n) is 9.84. The monoisotopic (exact) mass is 388 g/mol. The van der Waals surface area contributed by atoms with Gasteiger partial charge >= 0.3 is 0 Å². The van der Waals surface area contributed by atoms with Gasteiger partial charge in [0.2, 0.25) is 5.91 Å². The van der Waals surface area contributed by atoms with Gasteiger partial charge in [0.05, 0.1) is 12.3 Å². The van der Waals surface area contributed by atoms with E-state index in [-0.39, 0.29) is 11.8 Å². The highest BCUT2D eigenvalue weighted by atomic mass is 16.5. The van der Waals surface area contributed by atoms with Crippen molar-refractivity contribution >= 4 is 28.3 Å². The van der Waals surface area contributed by atoms with Gasteiger partial charge in [-0.2, -0.15) is 0 Å². The Balaban J connectivity index is 1.42. The van der Waals surface area contributed by atoms with Crippen molar-refractivity contribution in [3.8, 4) is 5.75 Å². The fourth-order valence-corrected chi connectivity index (χ4v) is 3.92. The summed E-state index contributed by atoms with van der Waals surface area (Å²) in [7, 11) is 0. The number of para-hydroxylation sites is 1. The average molecular weight is 388 g/mol. The lowest BCUT2D eigenvalue weighted by atomic mass is 10.1. The quantitative estimate of drug-likeness (QED) is 0.646. The number of benzene rings is 3. The van der Waals surface area contributed by atoms with E-state index >= 15 is 0 Å². The molecule has 0 radical (unpaired) electrons. The predicted octanol–water partition coefficient (Wildman–Crippen LogP) is 4.14. The molecule has 1 N–H and O–H groups in total. The Morgan fingerprint density at radius 1 is 1.07 bits per heavy atom. The number of carbonyl (C=O) groups is 2. The number of fused-ring (bicyclic) bond motifs is 2. The molecule has 5 nitrogen and oxygen atoms in total. The molecule has 0 fully saturated rings. The minimum atomic E-state index is -0.608. The molecule has 5 heteroatoms. The number of rotatable bonds is 6. The molecular weight excluding hydrogens is 364 g/mol. The Morgan fingerprint density at radius 2 is 1.86 bits per heavy atom. The Morgan fingerprint density at radius 3 is 2.66 bits per heavy atom. The third-order valence-corrected chi connectivity index (χ3v) is 5.23. The van der Waals surface area contributed by atoms with Crippen LogP contribution in [0.4, 0.5) is 5.69 Å². The number of nitrogens with one attached hydrogen (secondary N) is 1. The lowest BCUT2D eigenvalue weighted by molar-refractivity contribution is -0.126. The van der Waals surface area contributed by atoms with Crippen LogP contribution in [0.3, 0.4) is 0 Å². The maximum atomic E-state index is 12.9. The van der Waals surface area contributed by atoms with Crippen molar-refractivity contribution in [2.75, 3.05) is 18.1 Å². The molecule has 0 bridgehead atoms. The number of ether oxygens (including phenoxy) is 1. The van der Waals surface area contributed by atoms with E-state index in [1.807, 2.05) is 55.5 Å². The van der Waals surface area contributed by atoms with Crippen LogP contribution in [-0.2, 0) is 9.59 Å². The largest absolute Gasteiger partial charge is 0.494 e. The second-order valence-corrected chi connectivity index (χ2v) is 7.35. The number of aryl methyl sites for hydroxylation is 1. The predicted molar refractivity (Wildman–Crippen MR) is 114 cm³/mol. The molecule has 2 amide bonds. The van der Waals surface area contributed by atoms with E-state index in [2.05, 4.69) is 17.4 Å². The molecule has 0 aromatic heterocycles. The highest BCUT2D eigenvalue weighted by Crippen LogP contribution is 2.38.